The van der Waals surface area contributed by atoms with Crippen LogP contribution in [0.4, 0.5) is 5.69 Å². The van der Waals surface area contributed by atoms with Crippen molar-refractivity contribution in [3.63, 3.8) is 0 Å². The van der Waals surface area contributed by atoms with Gasteiger partial charge in [0.15, 0.2) is 6.10 Å². The summed E-state index contributed by atoms with van der Waals surface area (Å²) in [5, 5.41) is 2.96. The molecule has 2 rings (SSSR count). The highest BCUT2D eigenvalue weighted by atomic mass is 16.5. The van der Waals surface area contributed by atoms with Gasteiger partial charge in [0.25, 0.3) is 5.91 Å². The fourth-order valence-corrected chi connectivity index (χ4v) is 2.80. The standard InChI is InChI=1S/C18H27N3O3/c1-3-4-7-14(12-19)20-17(22)10-11-21-15-8-5-6-9-16(15)24-13(2)18(21)23/h5-6,8-9,13-14H,3-4,7,10-12,19H2,1-2H3,(H,20,22). The van der Waals surface area contributed by atoms with Crippen molar-refractivity contribution in [1.29, 1.82) is 0 Å². The van der Waals surface area contributed by atoms with Gasteiger partial charge in [-0.1, -0.05) is 31.9 Å². The number of carbonyl (C=O) groups is 2. The van der Waals surface area contributed by atoms with E-state index in [-0.39, 0.29) is 24.3 Å². The Labute approximate surface area is 143 Å². The summed E-state index contributed by atoms with van der Waals surface area (Å²) in [7, 11) is 0. The Hall–Kier alpha value is -2.08. The smallest absolute Gasteiger partial charge is 0.267 e. The fourth-order valence-electron chi connectivity index (χ4n) is 2.80. The molecule has 2 unspecified atom stereocenters. The van der Waals surface area contributed by atoms with Crippen molar-refractivity contribution >= 4 is 17.5 Å². The number of hydrogen-bond donors (Lipinski definition) is 2. The van der Waals surface area contributed by atoms with E-state index in [0.29, 0.717) is 18.8 Å². The van der Waals surface area contributed by atoms with E-state index in [9.17, 15) is 9.59 Å². The second kappa shape index (κ2) is 8.68. The van der Waals surface area contributed by atoms with Crippen LogP contribution in [0.15, 0.2) is 24.3 Å². The molecule has 0 spiro atoms. The van der Waals surface area contributed by atoms with Gasteiger partial charge < -0.3 is 20.7 Å². The molecule has 132 valence electrons. The normalized spacial score (nSPS) is 17.9. The number of hydrogen-bond acceptors (Lipinski definition) is 4. The molecule has 0 fully saturated rings. The maximum Gasteiger partial charge on any atom is 0.267 e. The van der Waals surface area contributed by atoms with Crippen LogP contribution in [0.5, 0.6) is 5.75 Å². The first-order valence-electron chi connectivity index (χ1n) is 8.63. The molecule has 0 radical (unpaired) electrons. The lowest BCUT2D eigenvalue weighted by molar-refractivity contribution is -0.125. The molecule has 0 aromatic heterocycles. The number of amides is 2. The number of ether oxygens (including phenoxy) is 1. The van der Waals surface area contributed by atoms with E-state index < -0.39 is 6.10 Å². The van der Waals surface area contributed by atoms with Crippen LogP contribution in [0.3, 0.4) is 0 Å². The third-order valence-electron chi connectivity index (χ3n) is 4.19. The van der Waals surface area contributed by atoms with Gasteiger partial charge in [-0.15, -0.1) is 0 Å². The molecule has 6 heteroatoms. The van der Waals surface area contributed by atoms with Gasteiger partial charge in [0.1, 0.15) is 5.75 Å². The molecule has 1 aromatic carbocycles. The molecule has 0 aliphatic carbocycles. The molecule has 2 amide bonds. The predicted octanol–water partition coefficient (Wildman–Crippen LogP) is 1.82. The zero-order valence-electron chi connectivity index (χ0n) is 14.5. The lowest BCUT2D eigenvalue weighted by Gasteiger charge is -2.33. The van der Waals surface area contributed by atoms with Crippen LogP contribution in [0.25, 0.3) is 0 Å². The third-order valence-corrected chi connectivity index (χ3v) is 4.19. The van der Waals surface area contributed by atoms with Crippen LogP contribution in [0, 0.1) is 0 Å². The maximum absolute atomic E-state index is 12.4. The summed E-state index contributed by atoms with van der Waals surface area (Å²) in [6, 6.07) is 7.39. The van der Waals surface area contributed by atoms with E-state index in [0.717, 1.165) is 24.9 Å². The Morgan fingerprint density at radius 3 is 2.88 bits per heavy atom. The fraction of sp³-hybridized carbons (Fsp3) is 0.556. The van der Waals surface area contributed by atoms with Crippen molar-refractivity contribution in [2.45, 2.75) is 51.7 Å². The number of nitrogens with zero attached hydrogens (tertiary/aromatic N) is 1. The van der Waals surface area contributed by atoms with Crippen LogP contribution in [0.1, 0.15) is 39.5 Å². The third kappa shape index (κ3) is 4.47. The number of anilines is 1. The van der Waals surface area contributed by atoms with Crippen LogP contribution >= 0.6 is 0 Å². The van der Waals surface area contributed by atoms with E-state index in [1.165, 1.54) is 0 Å². The average Bonchev–Trinajstić information content (AvgIpc) is 2.59. The minimum absolute atomic E-state index is 0.00375. The molecular weight excluding hydrogens is 306 g/mol. The van der Waals surface area contributed by atoms with E-state index in [4.69, 9.17) is 10.5 Å². The molecule has 0 saturated heterocycles. The van der Waals surface area contributed by atoms with Gasteiger partial charge in [-0.05, 0) is 25.5 Å². The number of unbranched alkanes of at least 4 members (excludes halogenated alkanes) is 1. The Morgan fingerprint density at radius 1 is 1.42 bits per heavy atom. The Balaban J connectivity index is 1.95. The molecule has 2 atom stereocenters. The Bertz CT molecular complexity index is 576. The summed E-state index contributed by atoms with van der Waals surface area (Å²) in [6.45, 7) is 4.60. The summed E-state index contributed by atoms with van der Waals surface area (Å²) < 4.78 is 5.60. The van der Waals surface area contributed by atoms with E-state index in [2.05, 4.69) is 12.2 Å². The van der Waals surface area contributed by atoms with Gasteiger partial charge in [-0.3, -0.25) is 9.59 Å². The number of fused-ring (bicyclic) bond motifs is 1. The lowest BCUT2D eigenvalue weighted by Crippen LogP contribution is -2.47. The van der Waals surface area contributed by atoms with Gasteiger partial charge in [0, 0.05) is 25.6 Å². The van der Waals surface area contributed by atoms with Crippen molar-refractivity contribution in [2.24, 2.45) is 5.73 Å². The Morgan fingerprint density at radius 2 is 2.17 bits per heavy atom. The number of rotatable bonds is 8. The molecule has 1 aliphatic heterocycles. The number of benzene rings is 1. The molecule has 24 heavy (non-hydrogen) atoms. The van der Waals surface area contributed by atoms with Gasteiger partial charge in [-0.25, -0.2) is 0 Å². The van der Waals surface area contributed by atoms with Crippen molar-refractivity contribution in [3.8, 4) is 5.75 Å². The summed E-state index contributed by atoms with van der Waals surface area (Å²) >= 11 is 0. The lowest BCUT2D eigenvalue weighted by atomic mass is 10.1. The monoisotopic (exact) mass is 333 g/mol. The van der Waals surface area contributed by atoms with E-state index >= 15 is 0 Å². The summed E-state index contributed by atoms with van der Waals surface area (Å²) in [6.07, 6.45) is 2.70. The minimum atomic E-state index is -0.538. The summed E-state index contributed by atoms with van der Waals surface area (Å²) in [4.78, 5) is 26.2. The molecule has 3 N–H and O–H groups in total. The van der Waals surface area contributed by atoms with Crippen LogP contribution in [-0.2, 0) is 9.59 Å². The van der Waals surface area contributed by atoms with Crippen molar-refractivity contribution in [3.05, 3.63) is 24.3 Å². The quantitative estimate of drug-likeness (QED) is 0.760. The molecule has 0 saturated carbocycles. The summed E-state index contributed by atoms with van der Waals surface area (Å²) in [5.41, 5.74) is 6.43. The average molecular weight is 333 g/mol. The number of para-hydroxylation sites is 2. The first kappa shape index (κ1) is 18.3. The number of nitrogens with one attached hydrogen (secondary N) is 1. The number of carbonyl (C=O) groups excluding carboxylic acids is 2. The highest BCUT2D eigenvalue weighted by Crippen LogP contribution is 2.33. The second-order valence-corrected chi connectivity index (χ2v) is 6.11. The molecule has 1 heterocycles. The van der Waals surface area contributed by atoms with Crippen molar-refractivity contribution < 1.29 is 14.3 Å². The molecule has 6 nitrogen and oxygen atoms in total. The molecular formula is C18H27N3O3. The predicted molar refractivity (Wildman–Crippen MR) is 94.0 cm³/mol. The molecule has 1 aromatic rings. The maximum atomic E-state index is 12.4. The van der Waals surface area contributed by atoms with Crippen LogP contribution < -0.4 is 20.7 Å². The number of nitrogens with two attached hydrogens (primary N) is 1. The Kier molecular flexibility index (Phi) is 6.61. The molecule has 0 bridgehead atoms. The largest absolute Gasteiger partial charge is 0.479 e. The highest BCUT2D eigenvalue weighted by Gasteiger charge is 2.31. The summed E-state index contributed by atoms with van der Waals surface area (Å²) in [5.74, 6) is 0.474. The van der Waals surface area contributed by atoms with Gasteiger partial charge >= 0.3 is 0 Å². The van der Waals surface area contributed by atoms with Gasteiger partial charge in [0.05, 0.1) is 5.69 Å². The SMILES string of the molecule is CCCCC(CN)NC(=O)CCN1C(=O)C(C)Oc2ccccc21. The van der Waals surface area contributed by atoms with Gasteiger partial charge in [0.2, 0.25) is 5.91 Å². The van der Waals surface area contributed by atoms with Crippen LogP contribution in [-0.4, -0.2) is 37.0 Å². The topological polar surface area (TPSA) is 84.7 Å². The first-order chi connectivity index (χ1) is 11.6. The van der Waals surface area contributed by atoms with Crippen LogP contribution in [0.2, 0.25) is 0 Å². The van der Waals surface area contributed by atoms with Gasteiger partial charge in [-0.2, -0.15) is 0 Å². The minimum Gasteiger partial charge on any atom is -0.479 e. The van der Waals surface area contributed by atoms with Crippen molar-refractivity contribution in [2.75, 3.05) is 18.0 Å². The zero-order valence-corrected chi connectivity index (χ0v) is 14.5. The molecule has 1 aliphatic rings. The second-order valence-electron chi connectivity index (χ2n) is 6.11. The first-order valence-corrected chi connectivity index (χ1v) is 8.63. The highest BCUT2D eigenvalue weighted by molar-refractivity contribution is 6.00. The zero-order chi connectivity index (χ0) is 17.5. The van der Waals surface area contributed by atoms with E-state index in [1.54, 1.807) is 11.8 Å². The van der Waals surface area contributed by atoms with E-state index in [1.807, 2.05) is 24.3 Å². The van der Waals surface area contributed by atoms with Crippen molar-refractivity contribution in [1.82, 2.24) is 5.32 Å².